The van der Waals surface area contributed by atoms with Crippen molar-refractivity contribution in [1.82, 2.24) is 9.78 Å². The number of benzene rings is 1. The monoisotopic (exact) mass is 303 g/mol. The van der Waals surface area contributed by atoms with Crippen LogP contribution in [0.25, 0.3) is 0 Å². The summed E-state index contributed by atoms with van der Waals surface area (Å²) in [6.07, 6.45) is -2.18. The maximum absolute atomic E-state index is 12.6. The van der Waals surface area contributed by atoms with Crippen LogP contribution in [0, 0.1) is 0 Å². The van der Waals surface area contributed by atoms with E-state index in [0.717, 1.165) is 17.7 Å². The second kappa shape index (κ2) is 5.85. The van der Waals surface area contributed by atoms with Crippen LogP contribution in [-0.4, -0.2) is 16.3 Å². The van der Waals surface area contributed by atoms with Gasteiger partial charge in [-0.1, -0.05) is 23.7 Å². The molecule has 0 bridgehead atoms. The Kier molecular flexibility index (Phi) is 4.35. The van der Waals surface area contributed by atoms with Gasteiger partial charge in [0.15, 0.2) is 0 Å². The number of aromatic nitrogens is 2. The number of halogens is 4. The number of nitrogens with two attached hydrogens (primary N) is 1. The molecule has 3 nitrogen and oxygen atoms in total. The largest absolute Gasteiger partial charge is 0.416 e. The average Bonchev–Trinajstić information content (AvgIpc) is 2.72. The molecule has 2 rings (SSSR count). The summed E-state index contributed by atoms with van der Waals surface area (Å²) >= 11 is 6.11. The quantitative estimate of drug-likeness (QED) is 0.943. The van der Waals surface area contributed by atoms with Gasteiger partial charge in [-0.2, -0.15) is 18.3 Å². The minimum Gasteiger partial charge on any atom is -0.330 e. The number of rotatable bonds is 4. The summed E-state index contributed by atoms with van der Waals surface area (Å²) in [5.41, 5.74) is 6.04. The SMILES string of the molecule is NCCc1cnn(Cc2cccc(C(F)(F)F)c2)c1Cl. The lowest BCUT2D eigenvalue weighted by molar-refractivity contribution is -0.137. The van der Waals surface area contributed by atoms with Gasteiger partial charge in [-0.25, -0.2) is 4.68 Å². The van der Waals surface area contributed by atoms with E-state index in [-0.39, 0.29) is 6.54 Å². The van der Waals surface area contributed by atoms with Crippen molar-refractivity contribution in [2.24, 2.45) is 5.73 Å². The lowest BCUT2D eigenvalue weighted by Crippen LogP contribution is -2.08. The zero-order valence-electron chi connectivity index (χ0n) is 10.5. The van der Waals surface area contributed by atoms with Gasteiger partial charge >= 0.3 is 6.18 Å². The van der Waals surface area contributed by atoms with Crippen molar-refractivity contribution >= 4 is 11.6 Å². The standard InChI is InChI=1S/C13H13ClF3N3/c14-12-10(4-5-18)7-19-20(12)8-9-2-1-3-11(6-9)13(15,16)17/h1-3,6-7H,4-5,8,18H2. The lowest BCUT2D eigenvalue weighted by atomic mass is 10.1. The van der Waals surface area contributed by atoms with Crippen molar-refractivity contribution < 1.29 is 13.2 Å². The smallest absolute Gasteiger partial charge is 0.330 e. The maximum atomic E-state index is 12.6. The van der Waals surface area contributed by atoms with Crippen molar-refractivity contribution in [3.05, 3.63) is 52.3 Å². The zero-order valence-corrected chi connectivity index (χ0v) is 11.2. The van der Waals surface area contributed by atoms with E-state index in [1.807, 2.05) is 0 Å². The molecule has 2 aromatic rings. The summed E-state index contributed by atoms with van der Waals surface area (Å²) in [5, 5.41) is 4.48. The average molecular weight is 304 g/mol. The Bertz CT molecular complexity index is 593. The normalized spacial score (nSPS) is 11.8. The molecule has 1 aromatic carbocycles. The molecule has 0 amide bonds. The number of nitrogens with zero attached hydrogens (tertiary/aromatic N) is 2. The third-order valence-electron chi connectivity index (χ3n) is 2.84. The highest BCUT2D eigenvalue weighted by molar-refractivity contribution is 6.30. The van der Waals surface area contributed by atoms with E-state index in [0.29, 0.717) is 23.7 Å². The first-order valence-electron chi connectivity index (χ1n) is 5.98. The van der Waals surface area contributed by atoms with Gasteiger partial charge in [0.25, 0.3) is 0 Å². The molecule has 0 saturated carbocycles. The Morgan fingerprint density at radius 3 is 2.70 bits per heavy atom. The first-order chi connectivity index (χ1) is 9.41. The molecule has 0 aliphatic heterocycles. The molecule has 0 unspecified atom stereocenters. The first-order valence-corrected chi connectivity index (χ1v) is 6.36. The molecule has 0 atom stereocenters. The predicted octanol–water partition coefficient (Wildman–Crippen LogP) is 3.10. The van der Waals surface area contributed by atoms with Gasteiger partial charge in [-0.3, -0.25) is 0 Å². The highest BCUT2D eigenvalue weighted by atomic mass is 35.5. The summed E-state index contributed by atoms with van der Waals surface area (Å²) in [6, 6.07) is 5.11. The van der Waals surface area contributed by atoms with E-state index >= 15 is 0 Å². The zero-order chi connectivity index (χ0) is 14.8. The molecule has 108 valence electrons. The Morgan fingerprint density at radius 2 is 2.05 bits per heavy atom. The first kappa shape index (κ1) is 14.9. The third-order valence-corrected chi connectivity index (χ3v) is 3.28. The predicted molar refractivity (Wildman–Crippen MR) is 70.5 cm³/mol. The molecule has 0 spiro atoms. The lowest BCUT2D eigenvalue weighted by Gasteiger charge is -2.09. The van der Waals surface area contributed by atoms with Crippen LogP contribution in [-0.2, 0) is 19.1 Å². The van der Waals surface area contributed by atoms with Crippen LogP contribution >= 0.6 is 11.6 Å². The number of hydrogen-bond acceptors (Lipinski definition) is 2. The molecule has 0 aliphatic carbocycles. The van der Waals surface area contributed by atoms with E-state index in [2.05, 4.69) is 5.10 Å². The molecule has 0 radical (unpaired) electrons. The van der Waals surface area contributed by atoms with E-state index in [9.17, 15) is 13.2 Å². The highest BCUT2D eigenvalue weighted by Gasteiger charge is 2.30. The van der Waals surface area contributed by atoms with E-state index < -0.39 is 11.7 Å². The van der Waals surface area contributed by atoms with Gasteiger partial charge in [-0.05, 0) is 30.7 Å². The topological polar surface area (TPSA) is 43.8 Å². The number of alkyl halides is 3. The van der Waals surface area contributed by atoms with Crippen molar-refractivity contribution in [3.8, 4) is 0 Å². The minimum atomic E-state index is -4.35. The summed E-state index contributed by atoms with van der Waals surface area (Å²) in [5.74, 6) is 0. The molecular formula is C13H13ClF3N3. The fourth-order valence-electron chi connectivity index (χ4n) is 1.86. The molecule has 1 aromatic heterocycles. The van der Waals surface area contributed by atoms with E-state index in [1.165, 1.54) is 10.7 Å². The number of hydrogen-bond donors (Lipinski definition) is 1. The molecule has 2 N–H and O–H groups in total. The molecule has 0 fully saturated rings. The Morgan fingerprint density at radius 1 is 1.30 bits per heavy atom. The molecule has 0 aliphatic rings. The second-order valence-corrected chi connectivity index (χ2v) is 4.71. The molecule has 7 heteroatoms. The summed E-state index contributed by atoms with van der Waals surface area (Å²) in [6.45, 7) is 0.627. The van der Waals surface area contributed by atoms with Gasteiger partial charge in [0, 0.05) is 5.56 Å². The Labute approximate surface area is 119 Å². The van der Waals surface area contributed by atoms with Crippen molar-refractivity contribution in [1.29, 1.82) is 0 Å². The second-order valence-electron chi connectivity index (χ2n) is 4.36. The van der Waals surface area contributed by atoms with Crippen LogP contribution in [0.1, 0.15) is 16.7 Å². The third kappa shape index (κ3) is 3.32. The summed E-state index contributed by atoms with van der Waals surface area (Å²) < 4.78 is 39.3. The van der Waals surface area contributed by atoms with Crippen LogP contribution in [0.3, 0.4) is 0 Å². The van der Waals surface area contributed by atoms with Crippen LogP contribution in [0.15, 0.2) is 30.5 Å². The van der Waals surface area contributed by atoms with Gasteiger partial charge in [-0.15, -0.1) is 0 Å². The fourth-order valence-corrected chi connectivity index (χ4v) is 2.11. The van der Waals surface area contributed by atoms with Crippen LogP contribution in [0.2, 0.25) is 5.15 Å². The van der Waals surface area contributed by atoms with E-state index in [4.69, 9.17) is 17.3 Å². The van der Waals surface area contributed by atoms with Crippen molar-refractivity contribution in [2.45, 2.75) is 19.1 Å². The van der Waals surface area contributed by atoms with E-state index in [1.54, 1.807) is 12.3 Å². The summed E-state index contributed by atoms with van der Waals surface area (Å²) in [4.78, 5) is 0. The van der Waals surface area contributed by atoms with Gasteiger partial charge in [0.05, 0.1) is 18.3 Å². The minimum absolute atomic E-state index is 0.188. The summed E-state index contributed by atoms with van der Waals surface area (Å²) in [7, 11) is 0. The van der Waals surface area contributed by atoms with Crippen LogP contribution in [0.4, 0.5) is 13.2 Å². The fraction of sp³-hybridized carbons (Fsp3) is 0.308. The Balaban J connectivity index is 2.22. The Hall–Kier alpha value is -1.53. The molecule has 20 heavy (non-hydrogen) atoms. The van der Waals surface area contributed by atoms with Gasteiger partial charge in [0.1, 0.15) is 5.15 Å². The van der Waals surface area contributed by atoms with Crippen molar-refractivity contribution in [2.75, 3.05) is 6.54 Å². The maximum Gasteiger partial charge on any atom is 0.416 e. The molecule has 1 heterocycles. The van der Waals surface area contributed by atoms with Crippen LogP contribution < -0.4 is 5.73 Å². The molecular weight excluding hydrogens is 291 g/mol. The highest BCUT2D eigenvalue weighted by Crippen LogP contribution is 2.29. The van der Waals surface area contributed by atoms with Crippen LogP contribution in [0.5, 0.6) is 0 Å². The molecule has 0 saturated heterocycles. The van der Waals surface area contributed by atoms with Gasteiger partial charge in [0.2, 0.25) is 0 Å². The van der Waals surface area contributed by atoms with Crippen molar-refractivity contribution in [3.63, 3.8) is 0 Å². The van der Waals surface area contributed by atoms with Gasteiger partial charge < -0.3 is 5.73 Å².